The fraction of sp³-hybridized carbons (Fsp3) is 0.350. The van der Waals surface area contributed by atoms with Crippen molar-refractivity contribution in [2.45, 2.75) is 32.6 Å². The molecule has 3 nitrogen and oxygen atoms in total. The maximum atomic E-state index is 11.9. The van der Waals surface area contributed by atoms with E-state index < -0.39 is 0 Å². The number of rotatable bonds is 8. The molecule has 0 aliphatic carbocycles. The molecule has 0 saturated heterocycles. The van der Waals surface area contributed by atoms with Crippen molar-refractivity contribution in [3.63, 3.8) is 0 Å². The second kappa shape index (κ2) is 9.33. The lowest BCUT2D eigenvalue weighted by atomic mass is 10.0. The molecule has 0 atom stereocenters. The van der Waals surface area contributed by atoms with E-state index in [0.29, 0.717) is 36.3 Å². The van der Waals surface area contributed by atoms with Crippen molar-refractivity contribution in [2.24, 2.45) is 0 Å². The van der Waals surface area contributed by atoms with Crippen molar-refractivity contribution < 1.29 is 9.53 Å². The van der Waals surface area contributed by atoms with E-state index in [4.69, 9.17) is 16.3 Å². The molecule has 2 aromatic carbocycles. The van der Waals surface area contributed by atoms with Gasteiger partial charge in [0.05, 0.1) is 11.6 Å². The predicted molar refractivity (Wildman–Crippen MR) is 98.8 cm³/mol. The number of hydrogen-bond donors (Lipinski definition) is 1. The number of benzene rings is 2. The smallest absolute Gasteiger partial charge is 0.220 e. The quantitative estimate of drug-likeness (QED) is 0.710. The second-order valence-electron chi connectivity index (χ2n) is 6.03. The molecule has 2 rings (SSSR count). The number of amides is 1. The number of halogens is 1. The summed E-state index contributed by atoms with van der Waals surface area (Å²) in [7, 11) is 0. The molecule has 1 amide bonds. The number of para-hydroxylation sites is 1. The first kappa shape index (κ1) is 18.3. The first-order valence-corrected chi connectivity index (χ1v) is 8.67. The number of aryl methyl sites for hydroxylation is 1. The van der Waals surface area contributed by atoms with Crippen molar-refractivity contribution in [1.29, 1.82) is 0 Å². The van der Waals surface area contributed by atoms with E-state index in [1.165, 1.54) is 11.1 Å². The van der Waals surface area contributed by atoms with Gasteiger partial charge in [-0.05, 0) is 35.6 Å². The predicted octanol–water partition coefficient (Wildman–Crippen LogP) is 4.59. The van der Waals surface area contributed by atoms with Crippen LogP contribution in [0.1, 0.15) is 37.3 Å². The zero-order chi connectivity index (χ0) is 17.4. The average Bonchev–Trinajstić information content (AvgIpc) is 2.58. The van der Waals surface area contributed by atoms with Crippen LogP contribution in [0.2, 0.25) is 5.02 Å². The molecular formula is C20H24ClNO2. The summed E-state index contributed by atoms with van der Waals surface area (Å²) < 4.78 is 5.54. The maximum Gasteiger partial charge on any atom is 0.220 e. The molecule has 24 heavy (non-hydrogen) atoms. The molecule has 0 radical (unpaired) electrons. The molecule has 4 heteroatoms. The van der Waals surface area contributed by atoms with Gasteiger partial charge in [0.2, 0.25) is 5.91 Å². The van der Waals surface area contributed by atoms with Crippen molar-refractivity contribution in [2.75, 3.05) is 13.2 Å². The van der Waals surface area contributed by atoms with Crippen LogP contribution in [0.3, 0.4) is 0 Å². The summed E-state index contributed by atoms with van der Waals surface area (Å²) in [5, 5.41) is 3.44. The van der Waals surface area contributed by atoms with Gasteiger partial charge in [0.25, 0.3) is 0 Å². The first-order chi connectivity index (χ1) is 11.6. The molecule has 0 aliphatic rings. The molecule has 0 heterocycles. The van der Waals surface area contributed by atoms with E-state index >= 15 is 0 Å². The van der Waals surface area contributed by atoms with E-state index in [9.17, 15) is 4.79 Å². The number of ether oxygens (including phenoxy) is 1. The summed E-state index contributed by atoms with van der Waals surface area (Å²) in [5.74, 6) is 1.20. The van der Waals surface area contributed by atoms with Crippen molar-refractivity contribution >= 4 is 17.5 Å². The number of hydrogen-bond acceptors (Lipinski definition) is 2. The first-order valence-electron chi connectivity index (χ1n) is 8.29. The molecule has 0 saturated carbocycles. The van der Waals surface area contributed by atoms with Crippen LogP contribution in [-0.4, -0.2) is 19.1 Å². The highest BCUT2D eigenvalue weighted by Crippen LogP contribution is 2.22. The molecule has 0 fully saturated rings. The topological polar surface area (TPSA) is 38.3 Å². The van der Waals surface area contributed by atoms with Gasteiger partial charge in [-0.1, -0.05) is 61.8 Å². The Kier molecular flexibility index (Phi) is 7.13. The summed E-state index contributed by atoms with van der Waals surface area (Å²) in [4.78, 5) is 11.9. The molecule has 0 aromatic heterocycles. The minimum absolute atomic E-state index is 0.0331. The van der Waals surface area contributed by atoms with Crippen LogP contribution in [0.4, 0.5) is 0 Å². The van der Waals surface area contributed by atoms with Crippen LogP contribution in [0.5, 0.6) is 5.75 Å². The van der Waals surface area contributed by atoms with Crippen molar-refractivity contribution in [3.05, 3.63) is 64.7 Å². The standard InChI is InChI=1S/C20H24ClNO2/c1-15(2)17-10-7-16(8-11-17)9-12-20(23)22-13-14-24-19-6-4-3-5-18(19)21/h3-8,10-11,15H,9,12-14H2,1-2H3,(H,22,23). The Balaban J connectivity index is 1.65. The molecule has 1 N–H and O–H groups in total. The largest absolute Gasteiger partial charge is 0.490 e. The molecule has 0 unspecified atom stereocenters. The molecule has 0 bridgehead atoms. The van der Waals surface area contributed by atoms with Crippen LogP contribution < -0.4 is 10.1 Å². The Bertz CT molecular complexity index is 653. The molecule has 0 aliphatic heterocycles. The van der Waals surface area contributed by atoms with Crippen LogP contribution >= 0.6 is 11.6 Å². The Morgan fingerprint density at radius 1 is 1.12 bits per heavy atom. The van der Waals surface area contributed by atoms with Gasteiger partial charge in [-0.15, -0.1) is 0 Å². The average molecular weight is 346 g/mol. The Hall–Kier alpha value is -2.00. The minimum atomic E-state index is 0.0331. The lowest BCUT2D eigenvalue weighted by molar-refractivity contribution is -0.121. The fourth-order valence-corrected chi connectivity index (χ4v) is 2.52. The summed E-state index contributed by atoms with van der Waals surface area (Å²) in [6.45, 7) is 5.22. The van der Waals surface area contributed by atoms with Crippen LogP contribution in [0.25, 0.3) is 0 Å². The van der Waals surface area contributed by atoms with Crippen LogP contribution in [0.15, 0.2) is 48.5 Å². The lowest BCUT2D eigenvalue weighted by Crippen LogP contribution is -2.28. The zero-order valence-corrected chi connectivity index (χ0v) is 15.0. The highest BCUT2D eigenvalue weighted by molar-refractivity contribution is 6.32. The third-order valence-electron chi connectivity index (χ3n) is 3.81. The SMILES string of the molecule is CC(C)c1ccc(CCC(=O)NCCOc2ccccc2Cl)cc1. The van der Waals surface area contributed by atoms with E-state index in [1.807, 2.05) is 18.2 Å². The Morgan fingerprint density at radius 2 is 1.83 bits per heavy atom. The van der Waals surface area contributed by atoms with Gasteiger partial charge in [-0.3, -0.25) is 4.79 Å². The highest BCUT2D eigenvalue weighted by Gasteiger charge is 2.04. The summed E-state index contributed by atoms with van der Waals surface area (Å²) in [6, 6.07) is 15.8. The molecule has 128 valence electrons. The summed E-state index contributed by atoms with van der Waals surface area (Å²) in [5.41, 5.74) is 2.50. The Labute approximate surface area is 149 Å². The third-order valence-corrected chi connectivity index (χ3v) is 4.12. The van der Waals surface area contributed by atoms with Gasteiger partial charge in [0.15, 0.2) is 0 Å². The van der Waals surface area contributed by atoms with Crippen LogP contribution in [-0.2, 0) is 11.2 Å². The molecular weight excluding hydrogens is 322 g/mol. The highest BCUT2D eigenvalue weighted by atomic mass is 35.5. The maximum absolute atomic E-state index is 11.9. The summed E-state index contributed by atoms with van der Waals surface area (Å²) in [6.07, 6.45) is 1.22. The minimum Gasteiger partial charge on any atom is -0.490 e. The lowest BCUT2D eigenvalue weighted by Gasteiger charge is -2.09. The summed E-state index contributed by atoms with van der Waals surface area (Å²) >= 11 is 6.00. The van der Waals surface area contributed by atoms with Crippen molar-refractivity contribution in [1.82, 2.24) is 5.32 Å². The Morgan fingerprint density at radius 3 is 2.50 bits per heavy atom. The van der Waals surface area contributed by atoms with Crippen LogP contribution in [0, 0.1) is 0 Å². The normalized spacial score (nSPS) is 10.7. The monoisotopic (exact) mass is 345 g/mol. The van der Waals surface area contributed by atoms with Gasteiger partial charge in [0, 0.05) is 6.42 Å². The van der Waals surface area contributed by atoms with Gasteiger partial charge in [0.1, 0.15) is 12.4 Å². The van der Waals surface area contributed by atoms with E-state index in [2.05, 4.69) is 43.4 Å². The number of carbonyl (C=O) groups is 1. The molecule has 2 aromatic rings. The van der Waals surface area contributed by atoms with Gasteiger partial charge >= 0.3 is 0 Å². The zero-order valence-electron chi connectivity index (χ0n) is 14.2. The van der Waals surface area contributed by atoms with Gasteiger partial charge < -0.3 is 10.1 Å². The van der Waals surface area contributed by atoms with Gasteiger partial charge in [-0.2, -0.15) is 0 Å². The number of nitrogens with one attached hydrogen (secondary N) is 1. The van der Waals surface area contributed by atoms with E-state index in [-0.39, 0.29) is 5.91 Å². The fourth-order valence-electron chi connectivity index (χ4n) is 2.33. The second-order valence-corrected chi connectivity index (χ2v) is 6.43. The van der Waals surface area contributed by atoms with E-state index in [0.717, 1.165) is 6.42 Å². The third kappa shape index (κ3) is 5.89. The van der Waals surface area contributed by atoms with Gasteiger partial charge in [-0.25, -0.2) is 0 Å². The molecule has 0 spiro atoms. The van der Waals surface area contributed by atoms with Crippen molar-refractivity contribution in [3.8, 4) is 5.75 Å². The number of carbonyl (C=O) groups excluding carboxylic acids is 1. The van der Waals surface area contributed by atoms with E-state index in [1.54, 1.807) is 6.07 Å².